The number of hydrogen-bond acceptors (Lipinski definition) is 3. The number of carboxylic acid groups (broad SMARTS) is 1. The number of aliphatic hydroxyl groups excluding tert-OH is 2. The van der Waals surface area contributed by atoms with Gasteiger partial charge in [0.25, 0.3) is 0 Å². The van der Waals surface area contributed by atoms with Gasteiger partial charge >= 0.3 is 5.97 Å². The lowest BCUT2D eigenvalue weighted by Crippen LogP contribution is -2.29. The van der Waals surface area contributed by atoms with Gasteiger partial charge in [-0.2, -0.15) is 0 Å². The van der Waals surface area contributed by atoms with E-state index in [-0.39, 0.29) is 5.56 Å². The van der Waals surface area contributed by atoms with E-state index < -0.39 is 35.4 Å². The molecule has 0 heterocycles. The molecular formula is C10H10F2O4. The largest absolute Gasteiger partial charge is 0.479 e. The van der Waals surface area contributed by atoms with Gasteiger partial charge < -0.3 is 15.3 Å². The van der Waals surface area contributed by atoms with Crippen LogP contribution in [0.3, 0.4) is 0 Å². The highest BCUT2D eigenvalue weighted by molar-refractivity contribution is 5.73. The summed E-state index contributed by atoms with van der Waals surface area (Å²) in [7, 11) is 0. The summed E-state index contributed by atoms with van der Waals surface area (Å²) in [5.41, 5.74) is -0.789. The smallest absolute Gasteiger partial charge is 0.335 e. The molecular weight excluding hydrogens is 222 g/mol. The summed E-state index contributed by atoms with van der Waals surface area (Å²) < 4.78 is 26.6. The number of rotatable bonds is 3. The predicted octanol–water partition coefficient (Wildman–Crippen LogP) is 0.752. The molecule has 0 fully saturated rings. The third-order valence-electron chi connectivity index (χ3n) is 2.17. The number of carboxylic acids is 1. The van der Waals surface area contributed by atoms with Crippen LogP contribution in [0, 0.1) is 18.6 Å². The molecule has 0 spiro atoms. The second-order valence-electron chi connectivity index (χ2n) is 3.32. The minimum Gasteiger partial charge on any atom is -0.479 e. The van der Waals surface area contributed by atoms with Crippen LogP contribution in [0.25, 0.3) is 0 Å². The number of halogens is 2. The van der Waals surface area contributed by atoms with E-state index in [1.165, 1.54) is 6.92 Å². The molecule has 1 aromatic carbocycles. The average Bonchev–Trinajstić information content (AvgIpc) is 2.22. The lowest BCUT2D eigenvalue weighted by atomic mass is 10.0. The van der Waals surface area contributed by atoms with Gasteiger partial charge in [0.05, 0.1) is 5.56 Å². The topological polar surface area (TPSA) is 77.8 Å². The molecule has 0 aliphatic heterocycles. The minimum atomic E-state index is -2.27. The van der Waals surface area contributed by atoms with E-state index in [4.69, 9.17) is 10.2 Å². The Balaban J connectivity index is 3.22. The standard InChI is InChI=1S/C10H10F2O4/c1-4-2-3-5(11)6(7(4)12)8(13)9(14)10(15)16/h2-3,8-9,13-14H,1H3,(H,15,16). The maximum atomic E-state index is 13.4. The first-order valence-corrected chi connectivity index (χ1v) is 4.39. The summed E-state index contributed by atoms with van der Waals surface area (Å²) >= 11 is 0. The Morgan fingerprint density at radius 3 is 2.38 bits per heavy atom. The molecule has 1 rings (SSSR count). The van der Waals surface area contributed by atoms with Crippen LogP contribution in [-0.2, 0) is 4.79 Å². The fraction of sp³-hybridized carbons (Fsp3) is 0.300. The van der Waals surface area contributed by atoms with Crippen LogP contribution in [0.4, 0.5) is 8.78 Å². The first-order valence-electron chi connectivity index (χ1n) is 4.39. The van der Waals surface area contributed by atoms with Gasteiger partial charge in [-0.05, 0) is 18.6 Å². The van der Waals surface area contributed by atoms with E-state index in [9.17, 15) is 18.7 Å². The molecule has 0 saturated heterocycles. The SMILES string of the molecule is Cc1ccc(F)c(C(O)C(O)C(=O)O)c1F. The highest BCUT2D eigenvalue weighted by Crippen LogP contribution is 2.25. The van der Waals surface area contributed by atoms with Gasteiger partial charge in [0.1, 0.15) is 17.7 Å². The number of aliphatic carboxylic acids is 1. The van der Waals surface area contributed by atoms with Crippen molar-refractivity contribution in [3.05, 3.63) is 34.9 Å². The summed E-state index contributed by atoms with van der Waals surface area (Å²) in [6.45, 7) is 1.33. The Labute approximate surface area is 89.8 Å². The molecule has 3 N–H and O–H groups in total. The van der Waals surface area contributed by atoms with Gasteiger partial charge in [-0.15, -0.1) is 0 Å². The van der Waals surface area contributed by atoms with Crippen LogP contribution in [0.1, 0.15) is 17.2 Å². The first-order chi connectivity index (χ1) is 7.36. The van der Waals surface area contributed by atoms with Crippen LogP contribution in [0.2, 0.25) is 0 Å². The van der Waals surface area contributed by atoms with Gasteiger partial charge in [-0.3, -0.25) is 0 Å². The lowest BCUT2D eigenvalue weighted by Gasteiger charge is -2.16. The quantitative estimate of drug-likeness (QED) is 0.718. The van der Waals surface area contributed by atoms with Gasteiger partial charge in [0.15, 0.2) is 6.10 Å². The summed E-state index contributed by atoms with van der Waals surface area (Å²) in [6, 6.07) is 2.04. The maximum Gasteiger partial charge on any atom is 0.335 e. The van der Waals surface area contributed by atoms with Crippen molar-refractivity contribution in [1.82, 2.24) is 0 Å². The van der Waals surface area contributed by atoms with Gasteiger partial charge in [-0.1, -0.05) is 6.07 Å². The van der Waals surface area contributed by atoms with Crippen molar-refractivity contribution in [3.8, 4) is 0 Å². The van der Waals surface area contributed by atoms with Crippen molar-refractivity contribution in [3.63, 3.8) is 0 Å². The number of benzene rings is 1. The van der Waals surface area contributed by atoms with Gasteiger partial charge in [-0.25, -0.2) is 13.6 Å². The maximum absolute atomic E-state index is 13.4. The van der Waals surface area contributed by atoms with Gasteiger partial charge in [0, 0.05) is 0 Å². The molecule has 0 bridgehead atoms. The number of carbonyl (C=O) groups is 1. The van der Waals surface area contributed by atoms with Crippen molar-refractivity contribution in [2.75, 3.05) is 0 Å². The zero-order valence-electron chi connectivity index (χ0n) is 8.32. The molecule has 0 radical (unpaired) electrons. The molecule has 0 amide bonds. The zero-order chi connectivity index (χ0) is 12.5. The normalized spacial score (nSPS) is 14.6. The third-order valence-corrected chi connectivity index (χ3v) is 2.17. The lowest BCUT2D eigenvalue weighted by molar-refractivity contribution is -0.153. The second kappa shape index (κ2) is 4.54. The molecule has 1 aromatic rings. The molecule has 16 heavy (non-hydrogen) atoms. The van der Waals surface area contributed by atoms with E-state index in [0.29, 0.717) is 0 Å². The molecule has 4 nitrogen and oxygen atoms in total. The Hall–Kier alpha value is -1.53. The summed E-state index contributed by atoms with van der Waals surface area (Å²) in [5.74, 6) is -3.92. The summed E-state index contributed by atoms with van der Waals surface area (Å²) in [4.78, 5) is 10.4. The Kier molecular flexibility index (Phi) is 3.56. The fourth-order valence-corrected chi connectivity index (χ4v) is 1.24. The van der Waals surface area contributed by atoms with E-state index in [1.807, 2.05) is 0 Å². The van der Waals surface area contributed by atoms with E-state index in [1.54, 1.807) is 0 Å². The minimum absolute atomic E-state index is 0.0491. The van der Waals surface area contributed by atoms with Crippen LogP contribution >= 0.6 is 0 Å². The summed E-state index contributed by atoms with van der Waals surface area (Å²) in [6.07, 6.45) is -4.41. The Bertz CT molecular complexity index is 420. The molecule has 0 aromatic heterocycles. The number of aryl methyl sites for hydroxylation is 1. The van der Waals surface area contributed by atoms with Crippen molar-refractivity contribution in [1.29, 1.82) is 0 Å². The van der Waals surface area contributed by atoms with Crippen molar-refractivity contribution in [2.24, 2.45) is 0 Å². The fourth-order valence-electron chi connectivity index (χ4n) is 1.24. The first kappa shape index (κ1) is 12.5. The highest BCUT2D eigenvalue weighted by atomic mass is 19.1. The van der Waals surface area contributed by atoms with Crippen molar-refractivity contribution >= 4 is 5.97 Å². The van der Waals surface area contributed by atoms with Crippen LogP contribution < -0.4 is 0 Å². The average molecular weight is 232 g/mol. The second-order valence-corrected chi connectivity index (χ2v) is 3.32. The number of aliphatic hydroxyl groups is 2. The number of hydrogen-bond donors (Lipinski definition) is 3. The van der Waals surface area contributed by atoms with Crippen molar-refractivity contribution < 1.29 is 28.9 Å². The molecule has 2 unspecified atom stereocenters. The molecule has 0 aliphatic rings. The van der Waals surface area contributed by atoms with Crippen LogP contribution in [0.5, 0.6) is 0 Å². The highest BCUT2D eigenvalue weighted by Gasteiger charge is 2.30. The van der Waals surface area contributed by atoms with Crippen molar-refractivity contribution in [2.45, 2.75) is 19.1 Å². The third kappa shape index (κ3) is 2.17. The monoisotopic (exact) mass is 232 g/mol. The Morgan fingerprint density at radius 2 is 1.88 bits per heavy atom. The molecule has 2 atom stereocenters. The molecule has 88 valence electrons. The predicted molar refractivity (Wildman–Crippen MR) is 49.7 cm³/mol. The molecule has 6 heteroatoms. The zero-order valence-corrected chi connectivity index (χ0v) is 8.32. The van der Waals surface area contributed by atoms with Gasteiger partial charge in [0.2, 0.25) is 0 Å². The van der Waals surface area contributed by atoms with E-state index in [0.717, 1.165) is 12.1 Å². The van der Waals surface area contributed by atoms with Crippen LogP contribution in [0.15, 0.2) is 12.1 Å². The van der Waals surface area contributed by atoms with Crippen LogP contribution in [-0.4, -0.2) is 27.4 Å². The molecule has 0 aliphatic carbocycles. The van der Waals surface area contributed by atoms with E-state index >= 15 is 0 Å². The summed E-state index contributed by atoms with van der Waals surface area (Å²) in [5, 5.41) is 26.7. The molecule has 0 saturated carbocycles. The van der Waals surface area contributed by atoms with E-state index in [2.05, 4.69) is 0 Å². The Morgan fingerprint density at radius 1 is 1.31 bits per heavy atom.